The average molecular weight is 248 g/mol. The SMILES string of the molecule is Cc1nc(-c2ccc(F)cc2)c(CCC(=O)O)[nH]1. The molecule has 2 N–H and O–H groups in total. The van der Waals surface area contributed by atoms with Crippen molar-refractivity contribution in [1.29, 1.82) is 0 Å². The summed E-state index contributed by atoms with van der Waals surface area (Å²) in [5.74, 6) is -0.444. The van der Waals surface area contributed by atoms with Crippen LogP contribution in [0, 0.1) is 12.7 Å². The van der Waals surface area contributed by atoms with Crippen LogP contribution in [0.1, 0.15) is 17.9 Å². The maximum atomic E-state index is 12.9. The van der Waals surface area contributed by atoms with Gasteiger partial charge in [0, 0.05) is 17.7 Å². The molecular formula is C13H13FN2O2. The first-order valence-corrected chi connectivity index (χ1v) is 5.59. The van der Waals surface area contributed by atoms with Crippen molar-refractivity contribution < 1.29 is 14.3 Å². The molecule has 0 aliphatic heterocycles. The van der Waals surface area contributed by atoms with Crippen LogP contribution < -0.4 is 0 Å². The highest BCUT2D eigenvalue weighted by Crippen LogP contribution is 2.22. The predicted octanol–water partition coefficient (Wildman–Crippen LogP) is 2.54. The van der Waals surface area contributed by atoms with Crippen molar-refractivity contribution in [3.8, 4) is 11.3 Å². The van der Waals surface area contributed by atoms with Crippen molar-refractivity contribution in [3.05, 3.63) is 41.6 Å². The standard InChI is InChI=1S/C13H13FN2O2/c1-8-15-11(6-7-12(17)18)13(16-8)9-2-4-10(14)5-3-9/h2-5H,6-7H2,1H3,(H,15,16)(H,17,18). The fourth-order valence-electron chi connectivity index (χ4n) is 1.80. The molecule has 0 aliphatic rings. The molecule has 18 heavy (non-hydrogen) atoms. The van der Waals surface area contributed by atoms with Gasteiger partial charge in [0.1, 0.15) is 11.6 Å². The van der Waals surface area contributed by atoms with E-state index in [-0.39, 0.29) is 12.2 Å². The molecule has 1 aromatic heterocycles. The Hall–Kier alpha value is -2.17. The molecule has 0 fully saturated rings. The topological polar surface area (TPSA) is 66.0 Å². The van der Waals surface area contributed by atoms with E-state index in [4.69, 9.17) is 5.11 Å². The molecule has 1 aromatic carbocycles. The molecule has 94 valence electrons. The largest absolute Gasteiger partial charge is 0.481 e. The Labute approximate surface area is 103 Å². The van der Waals surface area contributed by atoms with Crippen LogP contribution in [0.5, 0.6) is 0 Å². The van der Waals surface area contributed by atoms with Crippen LogP contribution in [-0.4, -0.2) is 21.0 Å². The Bertz CT molecular complexity index is 561. The van der Waals surface area contributed by atoms with Gasteiger partial charge in [-0.25, -0.2) is 9.37 Å². The zero-order valence-corrected chi connectivity index (χ0v) is 9.90. The van der Waals surface area contributed by atoms with Crippen LogP contribution >= 0.6 is 0 Å². The third-order valence-corrected chi connectivity index (χ3v) is 2.60. The fraction of sp³-hybridized carbons (Fsp3) is 0.231. The number of carbonyl (C=O) groups is 1. The minimum absolute atomic E-state index is 0.0375. The number of nitrogens with one attached hydrogen (secondary N) is 1. The number of H-pyrrole nitrogens is 1. The van der Waals surface area contributed by atoms with Crippen LogP contribution in [0.25, 0.3) is 11.3 Å². The van der Waals surface area contributed by atoms with Crippen LogP contribution in [0.2, 0.25) is 0 Å². The first kappa shape index (κ1) is 12.3. The number of aryl methyl sites for hydroxylation is 2. The maximum absolute atomic E-state index is 12.9. The lowest BCUT2D eigenvalue weighted by Gasteiger charge is -2.01. The summed E-state index contributed by atoms with van der Waals surface area (Å²) in [4.78, 5) is 18.0. The Kier molecular flexibility index (Phi) is 3.41. The van der Waals surface area contributed by atoms with Gasteiger partial charge in [0.05, 0.1) is 12.1 Å². The summed E-state index contributed by atoms with van der Waals surface area (Å²) >= 11 is 0. The van der Waals surface area contributed by atoms with Gasteiger partial charge in [-0.15, -0.1) is 0 Å². The highest BCUT2D eigenvalue weighted by atomic mass is 19.1. The molecule has 0 radical (unpaired) electrons. The number of nitrogens with zero attached hydrogens (tertiary/aromatic N) is 1. The van der Waals surface area contributed by atoms with Gasteiger partial charge in [-0.3, -0.25) is 4.79 Å². The van der Waals surface area contributed by atoms with Gasteiger partial charge in [-0.05, 0) is 31.2 Å². The molecular weight excluding hydrogens is 235 g/mol. The summed E-state index contributed by atoms with van der Waals surface area (Å²) < 4.78 is 12.9. The molecule has 0 unspecified atom stereocenters. The first-order chi connectivity index (χ1) is 8.56. The van der Waals surface area contributed by atoms with E-state index in [1.165, 1.54) is 12.1 Å². The van der Waals surface area contributed by atoms with E-state index in [0.717, 1.165) is 17.1 Å². The molecule has 2 rings (SSSR count). The number of aromatic amines is 1. The first-order valence-electron chi connectivity index (χ1n) is 5.59. The predicted molar refractivity (Wildman–Crippen MR) is 64.7 cm³/mol. The van der Waals surface area contributed by atoms with Gasteiger partial charge in [0.2, 0.25) is 0 Å². The summed E-state index contributed by atoms with van der Waals surface area (Å²) in [5, 5.41) is 8.70. The molecule has 0 bridgehead atoms. The zero-order chi connectivity index (χ0) is 13.1. The molecule has 0 saturated carbocycles. The van der Waals surface area contributed by atoms with Crippen molar-refractivity contribution in [3.63, 3.8) is 0 Å². The van der Waals surface area contributed by atoms with Gasteiger partial charge < -0.3 is 10.1 Å². The molecule has 0 atom stereocenters. The molecule has 1 heterocycles. The van der Waals surface area contributed by atoms with Crippen molar-refractivity contribution in [2.24, 2.45) is 0 Å². The fourth-order valence-corrected chi connectivity index (χ4v) is 1.80. The summed E-state index contributed by atoms with van der Waals surface area (Å²) in [6.45, 7) is 1.80. The van der Waals surface area contributed by atoms with E-state index in [0.29, 0.717) is 12.1 Å². The lowest BCUT2D eigenvalue weighted by molar-refractivity contribution is -0.136. The summed E-state index contributed by atoms with van der Waals surface area (Å²) in [7, 11) is 0. The highest BCUT2D eigenvalue weighted by molar-refractivity contribution is 5.68. The molecule has 0 aliphatic carbocycles. The van der Waals surface area contributed by atoms with Crippen molar-refractivity contribution in [1.82, 2.24) is 9.97 Å². The Morgan fingerprint density at radius 1 is 1.39 bits per heavy atom. The molecule has 5 heteroatoms. The van der Waals surface area contributed by atoms with E-state index < -0.39 is 5.97 Å². The normalized spacial score (nSPS) is 10.6. The number of carboxylic acid groups (broad SMARTS) is 1. The second-order valence-corrected chi connectivity index (χ2v) is 4.05. The van der Waals surface area contributed by atoms with Crippen molar-refractivity contribution in [2.75, 3.05) is 0 Å². The molecule has 0 spiro atoms. The molecule has 4 nitrogen and oxygen atoms in total. The quantitative estimate of drug-likeness (QED) is 0.873. The Morgan fingerprint density at radius 2 is 2.06 bits per heavy atom. The van der Waals surface area contributed by atoms with E-state index in [9.17, 15) is 9.18 Å². The summed E-state index contributed by atoms with van der Waals surface area (Å²) in [5.41, 5.74) is 2.23. The van der Waals surface area contributed by atoms with Gasteiger partial charge in [0.15, 0.2) is 0 Å². The van der Waals surface area contributed by atoms with E-state index in [2.05, 4.69) is 9.97 Å². The number of aromatic nitrogens is 2. The minimum atomic E-state index is -0.854. The number of benzene rings is 1. The molecule has 0 amide bonds. The van der Waals surface area contributed by atoms with Crippen LogP contribution in [-0.2, 0) is 11.2 Å². The lowest BCUT2D eigenvalue weighted by Crippen LogP contribution is -1.99. The molecule has 2 aromatic rings. The smallest absolute Gasteiger partial charge is 0.303 e. The van der Waals surface area contributed by atoms with Gasteiger partial charge in [0.25, 0.3) is 0 Å². The summed E-state index contributed by atoms with van der Waals surface area (Å²) in [6, 6.07) is 5.99. The lowest BCUT2D eigenvalue weighted by atomic mass is 10.1. The maximum Gasteiger partial charge on any atom is 0.303 e. The average Bonchev–Trinajstić information content (AvgIpc) is 2.69. The van der Waals surface area contributed by atoms with Crippen LogP contribution in [0.15, 0.2) is 24.3 Å². The van der Waals surface area contributed by atoms with E-state index in [1.54, 1.807) is 19.1 Å². The van der Waals surface area contributed by atoms with Crippen molar-refractivity contribution >= 4 is 5.97 Å². The highest BCUT2D eigenvalue weighted by Gasteiger charge is 2.11. The number of hydrogen-bond donors (Lipinski definition) is 2. The summed E-state index contributed by atoms with van der Waals surface area (Å²) in [6.07, 6.45) is 0.415. The van der Waals surface area contributed by atoms with E-state index in [1.807, 2.05) is 0 Å². The second kappa shape index (κ2) is 5.00. The Morgan fingerprint density at radius 3 is 2.67 bits per heavy atom. The van der Waals surface area contributed by atoms with Gasteiger partial charge >= 0.3 is 5.97 Å². The van der Waals surface area contributed by atoms with Crippen LogP contribution in [0.4, 0.5) is 4.39 Å². The monoisotopic (exact) mass is 248 g/mol. The minimum Gasteiger partial charge on any atom is -0.481 e. The van der Waals surface area contributed by atoms with Crippen molar-refractivity contribution in [2.45, 2.75) is 19.8 Å². The molecule has 0 saturated heterocycles. The van der Waals surface area contributed by atoms with Gasteiger partial charge in [-0.2, -0.15) is 0 Å². The number of aliphatic carboxylic acids is 1. The zero-order valence-electron chi connectivity index (χ0n) is 9.90. The number of hydrogen-bond acceptors (Lipinski definition) is 2. The number of carboxylic acids is 1. The second-order valence-electron chi connectivity index (χ2n) is 4.05. The van der Waals surface area contributed by atoms with Crippen LogP contribution in [0.3, 0.4) is 0 Å². The number of rotatable bonds is 4. The third kappa shape index (κ3) is 2.74. The van der Waals surface area contributed by atoms with E-state index >= 15 is 0 Å². The number of imidazole rings is 1. The number of halogens is 1. The van der Waals surface area contributed by atoms with Gasteiger partial charge in [-0.1, -0.05) is 0 Å². The Balaban J connectivity index is 2.31. The third-order valence-electron chi connectivity index (χ3n) is 2.60.